The molecule has 0 saturated heterocycles. The molecule has 0 saturated carbocycles. The lowest BCUT2D eigenvalue weighted by atomic mass is 10.2. The monoisotopic (exact) mass is 424 g/mol. The number of aromatic nitrogens is 2. The van der Waals surface area contributed by atoms with Gasteiger partial charge in [-0.05, 0) is 45.8 Å². The number of benzene rings is 1. The molecule has 2 heterocycles. The number of thiophene rings is 1. The molecule has 0 spiro atoms. The quantitative estimate of drug-likeness (QED) is 0.551. The summed E-state index contributed by atoms with van der Waals surface area (Å²) in [5.74, 6) is 0. The van der Waals surface area contributed by atoms with Crippen LogP contribution in [0.1, 0.15) is 15.9 Å². The van der Waals surface area contributed by atoms with E-state index in [1.165, 1.54) is 0 Å². The highest BCUT2D eigenvalue weighted by molar-refractivity contribution is 9.11. The van der Waals surface area contributed by atoms with Crippen LogP contribution >= 0.6 is 43.2 Å². The molecule has 0 fully saturated rings. The summed E-state index contributed by atoms with van der Waals surface area (Å²) in [6.45, 7) is 0.632. The van der Waals surface area contributed by atoms with Gasteiger partial charge in [0.05, 0.1) is 20.8 Å². The molecule has 21 heavy (non-hydrogen) atoms. The van der Waals surface area contributed by atoms with E-state index in [4.69, 9.17) is 0 Å². The first-order valence-electron chi connectivity index (χ1n) is 6.18. The number of carbonyl (C=O) groups excluding carboxylic acids is 1. The SMILES string of the molecule is O=Cc1cn(Cc2cccc(Br)c2)nc1-c1ccc(Br)s1. The van der Waals surface area contributed by atoms with Crippen molar-refractivity contribution >= 4 is 49.5 Å². The number of halogens is 2. The molecule has 3 rings (SSSR count). The van der Waals surface area contributed by atoms with Crippen LogP contribution in [0.3, 0.4) is 0 Å². The molecule has 0 bridgehead atoms. The molecule has 1 aromatic carbocycles. The van der Waals surface area contributed by atoms with E-state index in [9.17, 15) is 4.79 Å². The van der Waals surface area contributed by atoms with Crippen LogP contribution in [0.15, 0.2) is 50.9 Å². The molecule has 0 radical (unpaired) electrons. The average molecular weight is 426 g/mol. The second-order valence-electron chi connectivity index (χ2n) is 4.48. The molecular weight excluding hydrogens is 416 g/mol. The first-order chi connectivity index (χ1) is 10.2. The Hall–Kier alpha value is -1.24. The van der Waals surface area contributed by atoms with Crippen molar-refractivity contribution in [3.63, 3.8) is 0 Å². The van der Waals surface area contributed by atoms with Crippen LogP contribution in [0.4, 0.5) is 0 Å². The van der Waals surface area contributed by atoms with Crippen molar-refractivity contribution in [2.45, 2.75) is 6.54 Å². The predicted octanol–water partition coefficient (Wildman–Crippen LogP) is 5.00. The summed E-state index contributed by atoms with van der Waals surface area (Å²) < 4.78 is 3.86. The Balaban J connectivity index is 1.94. The highest BCUT2D eigenvalue weighted by atomic mass is 79.9. The maximum Gasteiger partial charge on any atom is 0.153 e. The van der Waals surface area contributed by atoms with Gasteiger partial charge >= 0.3 is 0 Å². The number of aldehydes is 1. The third kappa shape index (κ3) is 3.33. The van der Waals surface area contributed by atoms with Crippen molar-refractivity contribution in [2.24, 2.45) is 0 Å². The number of hydrogen-bond acceptors (Lipinski definition) is 3. The third-order valence-corrected chi connectivity index (χ3v) is 5.08. The van der Waals surface area contributed by atoms with Gasteiger partial charge in [0.1, 0.15) is 5.69 Å². The van der Waals surface area contributed by atoms with Gasteiger partial charge in [0.15, 0.2) is 6.29 Å². The molecule has 3 nitrogen and oxygen atoms in total. The van der Waals surface area contributed by atoms with Gasteiger partial charge in [-0.2, -0.15) is 5.10 Å². The van der Waals surface area contributed by atoms with E-state index in [0.29, 0.717) is 12.1 Å². The topological polar surface area (TPSA) is 34.9 Å². The minimum Gasteiger partial charge on any atom is -0.298 e. The van der Waals surface area contributed by atoms with Gasteiger partial charge in [-0.3, -0.25) is 9.48 Å². The Morgan fingerprint density at radius 1 is 1.24 bits per heavy atom. The molecule has 3 aromatic rings. The van der Waals surface area contributed by atoms with E-state index < -0.39 is 0 Å². The van der Waals surface area contributed by atoms with E-state index in [1.807, 2.05) is 36.4 Å². The standard InChI is InChI=1S/C15H10Br2N2OS/c16-12-3-1-2-10(6-12)7-19-8-11(9-20)15(18-19)13-4-5-14(17)21-13/h1-6,8-9H,7H2. The van der Waals surface area contributed by atoms with Gasteiger partial charge in [0.25, 0.3) is 0 Å². The molecule has 0 amide bonds. The number of rotatable bonds is 4. The molecular formula is C15H10Br2N2OS. The largest absolute Gasteiger partial charge is 0.298 e. The van der Waals surface area contributed by atoms with Gasteiger partial charge in [-0.1, -0.05) is 28.1 Å². The third-order valence-electron chi connectivity index (χ3n) is 2.96. The van der Waals surface area contributed by atoms with Crippen molar-refractivity contribution in [1.82, 2.24) is 9.78 Å². The van der Waals surface area contributed by atoms with Crippen LogP contribution < -0.4 is 0 Å². The lowest BCUT2D eigenvalue weighted by Crippen LogP contribution is -2.00. The molecule has 0 unspecified atom stereocenters. The van der Waals surface area contributed by atoms with Crippen molar-refractivity contribution < 1.29 is 4.79 Å². The summed E-state index contributed by atoms with van der Waals surface area (Å²) in [5.41, 5.74) is 2.47. The van der Waals surface area contributed by atoms with Crippen LogP contribution in [-0.4, -0.2) is 16.1 Å². The first kappa shape index (κ1) is 14.7. The zero-order chi connectivity index (χ0) is 14.8. The van der Waals surface area contributed by atoms with Gasteiger partial charge in [0.2, 0.25) is 0 Å². The fourth-order valence-electron chi connectivity index (χ4n) is 2.06. The zero-order valence-corrected chi connectivity index (χ0v) is 14.8. The zero-order valence-electron chi connectivity index (χ0n) is 10.8. The fraction of sp³-hybridized carbons (Fsp3) is 0.0667. The van der Waals surface area contributed by atoms with Crippen LogP contribution in [0, 0.1) is 0 Å². The molecule has 106 valence electrons. The number of carbonyl (C=O) groups is 1. The fourth-order valence-corrected chi connectivity index (χ4v) is 3.90. The van der Waals surface area contributed by atoms with Crippen molar-refractivity contribution in [3.05, 3.63) is 62.0 Å². The second kappa shape index (κ2) is 6.25. The van der Waals surface area contributed by atoms with Crippen molar-refractivity contribution in [2.75, 3.05) is 0 Å². The van der Waals surface area contributed by atoms with Crippen LogP contribution in [0.5, 0.6) is 0 Å². The smallest absolute Gasteiger partial charge is 0.153 e. The van der Waals surface area contributed by atoms with Gasteiger partial charge in [-0.25, -0.2) is 0 Å². The van der Waals surface area contributed by atoms with Gasteiger partial charge in [0, 0.05) is 10.7 Å². The first-order valence-corrected chi connectivity index (χ1v) is 8.59. The Morgan fingerprint density at radius 2 is 2.10 bits per heavy atom. The Bertz CT molecular complexity index is 795. The van der Waals surface area contributed by atoms with Crippen molar-refractivity contribution in [1.29, 1.82) is 0 Å². The normalized spacial score (nSPS) is 10.8. The van der Waals surface area contributed by atoms with E-state index in [1.54, 1.807) is 22.2 Å². The molecule has 2 aromatic heterocycles. The molecule has 6 heteroatoms. The van der Waals surface area contributed by atoms with E-state index in [0.717, 1.165) is 30.7 Å². The maximum absolute atomic E-state index is 11.3. The predicted molar refractivity (Wildman–Crippen MR) is 91.9 cm³/mol. The summed E-state index contributed by atoms with van der Waals surface area (Å²) >= 11 is 8.46. The molecule has 0 aliphatic carbocycles. The van der Waals surface area contributed by atoms with E-state index in [-0.39, 0.29) is 0 Å². The molecule has 0 N–H and O–H groups in total. The van der Waals surface area contributed by atoms with Gasteiger partial charge < -0.3 is 0 Å². The Labute approximate surface area is 142 Å². The highest BCUT2D eigenvalue weighted by Gasteiger charge is 2.13. The van der Waals surface area contributed by atoms with E-state index in [2.05, 4.69) is 37.0 Å². The Kier molecular flexibility index (Phi) is 4.37. The Morgan fingerprint density at radius 3 is 2.76 bits per heavy atom. The number of hydrogen-bond donors (Lipinski definition) is 0. The molecule has 0 aliphatic heterocycles. The van der Waals surface area contributed by atoms with Gasteiger partial charge in [-0.15, -0.1) is 11.3 Å². The summed E-state index contributed by atoms with van der Waals surface area (Å²) in [4.78, 5) is 12.2. The van der Waals surface area contributed by atoms with Crippen LogP contribution in [-0.2, 0) is 6.54 Å². The average Bonchev–Trinajstić information content (AvgIpc) is 3.05. The molecule has 0 aliphatic rings. The minimum atomic E-state index is 0.611. The highest BCUT2D eigenvalue weighted by Crippen LogP contribution is 2.32. The van der Waals surface area contributed by atoms with E-state index >= 15 is 0 Å². The maximum atomic E-state index is 11.3. The minimum absolute atomic E-state index is 0.611. The lowest BCUT2D eigenvalue weighted by molar-refractivity contribution is 0.112. The van der Waals surface area contributed by atoms with Crippen molar-refractivity contribution in [3.8, 4) is 10.6 Å². The molecule has 0 atom stereocenters. The van der Waals surface area contributed by atoms with Crippen LogP contribution in [0.2, 0.25) is 0 Å². The lowest BCUT2D eigenvalue weighted by Gasteiger charge is -2.02. The summed E-state index contributed by atoms with van der Waals surface area (Å²) in [6.07, 6.45) is 2.64. The summed E-state index contributed by atoms with van der Waals surface area (Å²) in [7, 11) is 0. The van der Waals surface area contributed by atoms with Crippen LogP contribution in [0.25, 0.3) is 10.6 Å². The summed E-state index contributed by atoms with van der Waals surface area (Å²) in [5, 5.41) is 4.55. The number of nitrogens with zero attached hydrogens (tertiary/aromatic N) is 2. The summed E-state index contributed by atoms with van der Waals surface area (Å²) in [6, 6.07) is 12.0. The second-order valence-corrected chi connectivity index (χ2v) is 7.86.